The van der Waals surface area contributed by atoms with Gasteiger partial charge < -0.3 is 9.88 Å². The van der Waals surface area contributed by atoms with Crippen LogP contribution >= 0.6 is 11.8 Å². The summed E-state index contributed by atoms with van der Waals surface area (Å²) in [6.07, 6.45) is 7.97. The molecule has 24 heavy (non-hydrogen) atoms. The van der Waals surface area contributed by atoms with Gasteiger partial charge in [-0.3, -0.25) is 4.79 Å². The molecule has 1 aliphatic heterocycles. The second-order valence-electron chi connectivity index (χ2n) is 6.38. The van der Waals surface area contributed by atoms with Crippen molar-refractivity contribution in [2.45, 2.75) is 43.9 Å². The highest BCUT2D eigenvalue weighted by Crippen LogP contribution is 2.31. The van der Waals surface area contributed by atoms with Gasteiger partial charge in [0.25, 0.3) is 0 Å². The Morgan fingerprint density at radius 2 is 2.17 bits per heavy atom. The lowest BCUT2D eigenvalue weighted by Crippen LogP contribution is -2.42. The van der Waals surface area contributed by atoms with E-state index in [-0.39, 0.29) is 17.2 Å². The number of aromatic nitrogens is 2. The van der Waals surface area contributed by atoms with Crippen LogP contribution in [0.15, 0.2) is 36.5 Å². The fourth-order valence-corrected chi connectivity index (χ4v) is 3.60. The number of thioether (sulfide) groups is 1. The van der Waals surface area contributed by atoms with Gasteiger partial charge in [-0.05, 0) is 38.0 Å². The van der Waals surface area contributed by atoms with E-state index in [1.165, 1.54) is 5.56 Å². The average molecular weight is 343 g/mol. The third-order valence-electron chi connectivity index (χ3n) is 4.69. The molecule has 0 saturated carbocycles. The molecule has 128 valence electrons. The summed E-state index contributed by atoms with van der Waals surface area (Å²) >= 11 is 1.61. The largest absolute Gasteiger partial charge is 0.344 e. The van der Waals surface area contributed by atoms with Crippen molar-refractivity contribution in [2.24, 2.45) is 0 Å². The Labute approximate surface area is 148 Å². The Bertz CT molecular complexity index is 670. The minimum absolute atomic E-state index is 0.00403. The second-order valence-corrected chi connectivity index (χ2v) is 7.56. The number of likely N-dealkylation sites (tertiary alicyclic amines) is 1. The predicted molar refractivity (Wildman–Crippen MR) is 99.1 cm³/mol. The minimum Gasteiger partial charge on any atom is -0.344 e. The van der Waals surface area contributed by atoms with Gasteiger partial charge in [0.1, 0.15) is 5.82 Å². The van der Waals surface area contributed by atoms with Gasteiger partial charge in [0, 0.05) is 24.9 Å². The Morgan fingerprint density at radius 1 is 1.38 bits per heavy atom. The molecular formula is C19H25N3OS. The Hall–Kier alpha value is -1.75. The molecule has 0 spiro atoms. The monoisotopic (exact) mass is 343 g/mol. The quantitative estimate of drug-likeness (QED) is 0.898. The number of amides is 1. The molecule has 4 nitrogen and oxygen atoms in total. The minimum atomic E-state index is 0.00403. The van der Waals surface area contributed by atoms with Gasteiger partial charge in [0.2, 0.25) is 5.91 Å². The maximum Gasteiger partial charge on any atom is 0.236 e. The molecule has 1 aromatic carbocycles. The van der Waals surface area contributed by atoms with Gasteiger partial charge in [-0.1, -0.05) is 30.3 Å². The lowest BCUT2D eigenvalue weighted by Gasteiger charge is -2.36. The van der Waals surface area contributed by atoms with E-state index in [1.807, 2.05) is 30.3 Å². The van der Waals surface area contributed by atoms with E-state index in [0.717, 1.165) is 43.7 Å². The third-order valence-corrected chi connectivity index (χ3v) is 5.60. The maximum absolute atomic E-state index is 12.7. The number of piperidine rings is 1. The first-order chi connectivity index (χ1) is 11.7. The van der Waals surface area contributed by atoms with Crippen LogP contribution in [0.4, 0.5) is 0 Å². The van der Waals surface area contributed by atoms with Gasteiger partial charge in [-0.25, -0.2) is 4.98 Å². The number of hydrogen-bond donors (Lipinski definition) is 1. The predicted octanol–water partition coefficient (Wildman–Crippen LogP) is 3.81. The molecule has 2 atom stereocenters. The topological polar surface area (TPSA) is 49.0 Å². The Balaban J connectivity index is 1.75. The molecule has 0 radical (unpaired) electrons. The van der Waals surface area contributed by atoms with Crippen LogP contribution in [0, 0.1) is 0 Å². The van der Waals surface area contributed by atoms with Gasteiger partial charge >= 0.3 is 0 Å². The van der Waals surface area contributed by atoms with Crippen LogP contribution in [0.1, 0.15) is 49.3 Å². The molecule has 2 unspecified atom stereocenters. The van der Waals surface area contributed by atoms with Gasteiger partial charge in [-0.2, -0.15) is 11.8 Å². The van der Waals surface area contributed by atoms with Crippen LogP contribution in [-0.4, -0.2) is 38.8 Å². The number of nitrogens with zero attached hydrogens (tertiary/aromatic N) is 2. The van der Waals surface area contributed by atoms with E-state index in [0.29, 0.717) is 0 Å². The zero-order valence-electron chi connectivity index (χ0n) is 14.4. The van der Waals surface area contributed by atoms with E-state index in [9.17, 15) is 4.79 Å². The van der Waals surface area contributed by atoms with E-state index in [1.54, 1.807) is 11.8 Å². The molecule has 3 rings (SSSR count). The highest BCUT2D eigenvalue weighted by molar-refractivity contribution is 7.99. The van der Waals surface area contributed by atoms with Crippen molar-refractivity contribution in [2.75, 3.05) is 12.8 Å². The Morgan fingerprint density at radius 3 is 2.92 bits per heavy atom. The molecule has 0 bridgehead atoms. The number of carbonyl (C=O) groups is 1. The molecule has 0 aliphatic carbocycles. The van der Waals surface area contributed by atoms with Crippen molar-refractivity contribution in [1.82, 2.24) is 14.9 Å². The number of hydrogen-bond acceptors (Lipinski definition) is 3. The van der Waals surface area contributed by atoms with Crippen molar-refractivity contribution in [1.29, 1.82) is 0 Å². The maximum atomic E-state index is 12.7. The summed E-state index contributed by atoms with van der Waals surface area (Å²) in [6.45, 7) is 2.82. The number of imidazole rings is 1. The summed E-state index contributed by atoms with van der Waals surface area (Å²) in [5.41, 5.74) is 2.37. The van der Waals surface area contributed by atoms with E-state index in [4.69, 9.17) is 0 Å². The Kier molecular flexibility index (Phi) is 5.61. The SMILES string of the molecule is CSC(C)C(=O)N1CCCCC1c1ncc(Cc2ccccc2)[nH]1. The first kappa shape index (κ1) is 17.1. The van der Waals surface area contributed by atoms with E-state index < -0.39 is 0 Å². The van der Waals surface area contributed by atoms with Crippen LogP contribution < -0.4 is 0 Å². The smallest absolute Gasteiger partial charge is 0.236 e. The first-order valence-electron chi connectivity index (χ1n) is 8.60. The van der Waals surface area contributed by atoms with Crippen LogP contribution in [0.3, 0.4) is 0 Å². The molecule has 1 saturated heterocycles. The molecule has 1 aliphatic rings. The van der Waals surface area contributed by atoms with Crippen molar-refractivity contribution < 1.29 is 4.79 Å². The summed E-state index contributed by atoms with van der Waals surface area (Å²) in [5, 5.41) is 0.00403. The van der Waals surface area contributed by atoms with Crippen LogP contribution in [0.25, 0.3) is 0 Å². The van der Waals surface area contributed by atoms with E-state index in [2.05, 4.69) is 34.2 Å². The number of benzene rings is 1. The van der Waals surface area contributed by atoms with Crippen molar-refractivity contribution in [3.05, 3.63) is 53.6 Å². The molecule has 5 heteroatoms. The second kappa shape index (κ2) is 7.88. The fraction of sp³-hybridized carbons (Fsp3) is 0.474. The molecule has 2 aromatic rings. The highest BCUT2D eigenvalue weighted by Gasteiger charge is 2.32. The summed E-state index contributed by atoms with van der Waals surface area (Å²) in [5.74, 6) is 1.16. The van der Waals surface area contributed by atoms with Gasteiger partial charge in [-0.15, -0.1) is 0 Å². The normalized spacial score (nSPS) is 19.2. The molecular weight excluding hydrogens is 318 g/mol. The average Bonchev–Trinajstić information content (AvgIpc) is 3.09. The molecule has 1 N–H and O–H groups in total. The third kappa shape index (κ3) is 3.83. The zero-order chi connectivity index (χ0) is 16.9. The van der Waals surface area contributed by atoms with Gasteiger partial charge in [0.15, 0.2) is 0 Å². The molecule has 1 amide bonds. The highest BCUT2D eigenvalue weighted by atomic mass is 32.2. The lowest BCUT2D eigenvalue weighted by atomic mass is 10.0. The number of nitrogens with one attached hydrogen (secondary N) is 1. The summed E-state index contributed by atoms with van der Waals surface area (Å²) in [4.78, 5) is 22.8. The van der Waals surface area contributed by atoms with Crippen molar-refractivity contribution in [3.8, 4) is 0 Å². The van der Waals surface area contributed by atoms with Gasteiger partial charge in [0.05, 0.1) is 11.3 Å². The number of aromatic amines is 1. The summed E-state index contributed by atoms with van der Waals surface area (Å²) in [7, 11) is 0. The van der Waals surface area contributed by atoms with Crippen molar-refractivity contribution >= 4 is 17.7 Å². The van der Waals surface area contributed by atoms with Crippen LogP contribution in [-0.2, 0) is 11.2 Å². The van der Waals surface area contributed by atoms with E-state index >= 15 is 0 Å². The fourth-order valence-electron chi connectivity index (χ4n) is 3.27. The standard InChI is InChI=1S/C19H25N3OS/c1-14(24-2)19(23)22-11-7-6-10-17(22)18-20-13-16(21-18)12-15-8-4-3-5-9-15/h3-5,8-9,13-14,17H,6-7,10-12H2,1-2H3,(H,20,21). The van der Waals surface area contributed by atoms with Crippen LogP contribution in [0.2, 0.25) is 0 Å². The number of carbonyl (C=O) groups excluding carboxylic acids is 1. The lowest BCUT2D eigenvalue weighted by molar-refractivity contribution is -0.134. The summed E-state index contributed by atoms with van der Waals surface area (Å²) < 4.78 is 0. The number of H-pyrrole nitrogens is 1. The summed E-state index contributed by atoms with van der Waals surface area (Å²) in [6, 6.07) is 10.5. The molecule has 1 aromatic heterocycles. The van der Waals surface area contributed by atoms with Crippen molar-refractivity contribution in [3.63, 3.8) is 0 Å². The molecule has 2 heterocycles. The number of rotatable bonds is 5. The van der Waals surface area contributed by atoms with Crippen LogP contribution in [0.5, 0.6) is 0 Å². The zero-order valence-corrected chi connectivity index (χ0v) is 15.2. The first-order valence-corrected chi connectivity index (χ1v) is 9.89. The molecule has 1 fully saturated rings.